The van der Waals surface area contributed by atoms with Crippen LogP contribution < -0.4 is 0 Å². The molecule has 124 valence electrons. The Morgan fingerprint density at radius 3 is 1.73 bits per heavy atom. The number of carbonyl (C=O) groups excluding carboxylic acids is 1. The van der Waals surface area contributed by atoms with Gasteiger partial charge in [0.25, 0.3) is 0 Å². The van der Waals surface area contributed by atoms with Gasteiger partial charge in [-0.15, -0.1) is 0 Å². The molecule has 0 radical (unpaired) electrons. The third kappa shape index (κ3) is 4.64. The van der Waals surface area contributed by atoms with Crippen LogP contribution in [0.3, 0.4) is 0 Å². The van der Waals surface area contributed by atoms with Gasteiger partial charge in [0.1, 0.15) is 0 Å². The minimum Gasteiger partial charge on any atom is -0.343 e. The molecule has 1 rings (SSSR count). The van der Waals surface area contributed by atoms with Crippen LogP contribution in [-0.2, 0) is 23.6 Å². The van der Waals surface area contributed by atoms with Gasteiger partial charge in [-0.25, -0.2) is 0 Å². The Balaban J connectivity index is 3.22. The van der Waals surface area contributed by atoms with E-state index in [1.807, 2.05) is 0 Å². The molecule has 8 heteroatoms. The van der Waals surface area contributed by atoms with Gasteiger partial charge in [-0.3, -0.25) is 4.79 Å². The van der Waals surface area contributed by atoms with E-state index in [0.29, 0.717) is 12.1 Å². The highest BCUT2D eigenvalue weighted by Crippen LogP contribution is 2.36. The molecule has 1 aromatic rings. The number of benzene rings is 1. The summed E-state index contributed by atoms with van der Waals surface area (Å²) < 4.78 is 76.2. The summed E-state index contributed by atoms with van der Waals surface area (Å²) in [6.07, 6.45) is -10.4. The molecule has 0 aromatic heterocycles. The number of amides is 1. The van der Waals surface area contributed by atoms with Gasteiger partial charge >= 0.3 is 12.4 Å². The monoisotopic (exact) mass is 327 g/mol. The maximum absolute atomic E-state index is 12.7. The first-order chi connectivity index (χ1) is 9.82. The molecular formula is C14H15F6NO. The largest absolute Gasteiger partial charge is 0.416 e. The van der Waals surface area contributed by atoms with Crippen molar-refractivity contribution in [3.8, 4) is 0 Å². The standard InChI is InChI=1S/C14H15F6NO/c1-8(2)21(3)12(22)6-9-4-10(13(15,16)17)7-11(5-9)14(18,19)20/h4-5,7-8H,6H2,1-3H3. The van der Waals surface area contributed by atoms with Crippen molar-refractivity contribution in [3.05, 3.63) is 34.9 Å². The molecule has 0 saturated carbocycles. The number of halogens is 6. The summed E-state index contributed by atoms with van der Waals surface area (Å²) in [5.41, 5.74) is -3.16. The van der Waals surface area contributed by atoms with E-state index in [9.17, 15) is 31.1 Å². The summed E-state index contributed by atoms with van der Waals surface area (Å²) in [5.74, 6) is -0.553. The van der Waals surface area contributed by atoms with Gasteiger partial charge in [-0.1, -0.05) is 0 Å². The molecule has 1 aromatic carbocycles. The molecule has 0 aliphatic rings. The summed E-state index contributed by atoms with van der Waals surface area (Å²) in [6.45, 7) is 3.37. The van der Waals surface area contributed by atoms with E-state index in [1.54, 1.807) is 13.8 Å². The average molecular weight is 327 g/mol. The first kappa shape index (κ1) is 18.3. The van der Waals surface area contributed by atoms with Crippen molar-refractivity contribution in [2.45, 2.75) is 38.7 Å². The maximum Gasteiger partial charge on any atom is 0.416 e. The smallest absolute Gasteiger partial charge is 0.343 e. The fraction of sp³-hybridized carbons (Fsp3) is 0.500. The Morgan fingerprint density at radius 1 is 1.00 bits per heavy atom. The second-order valence-corrected chi connectivity index (χ2v) is 5.19. The quantitative estimate of drug-likeness (QED) is 0.764. The number of hydrogen-bond acceptors (Lipinski definition) is 1. The molecule has 0 spiro atoms. The highest BCUT2D eigenvalue weighted by atomic mass is 19.4. The van der Waals surface area contributed by atoms with Crippen LogP contribution in [0.25, 0.3) is 0 Å². The average Bonchev–Trinajstić information content (AvgIpc) is 2.35. The van der Waals surface area contributed by atoms with Crippen LogP contribution in [0.1, 0.15) is 30.5 Å². The molecule has 0 fully saturated rings. The summed E-state index contributed by atoms with van der Waals surface area (Å²) in [4.78, 5) is 13.1. The number of nitrogens with zero attached hydrogens (tertiary/aromatic N) is 1. The lowest BCUT2D eigenvalue weighted by atomic mass is 10.0. The molecule has 1 amide bonds. The van der Waals surface area contributed by atoms with Crippen molar-refractivity contribution < 1.29 is 31.1 Å². The molecule has 0 unspecified atom stereocenters. The third-order valence-electron chi connectivity index (χ3n) is 3.17. The fourth-order valence-electron chi connectivity index (χ4n) is 1.71. The molecule has 22 heavy (non-hydrogen) atoms. The highest BCUT2D eigenvalue weighted by Gasteiger charge is 2.37. The van der Waals surface area contributed by atoms with Crippen molar-refractivity contribution >= 4 is 5.91 Å². The second kappa shape index (κ2) is 6.18. The van der Waals surface area contributed by atoms with Crippen LogP contribution in [0, 0.1) is 0 Å². The van der Waals surface area contributed by atoms with Crippen molar-refractivity contribution in [2.24, 2.45) is 0 Å². The molecule has 0 saturated heterocycles. The third-order valence-corrected chi connectivity index (χ3v) is 3.17. The number of alkyl halides is 6. The number of rotatable bonds is 3. The summed E-state index contributed by atoms with van der Waals surface area (Å²) in [6, 6.07) is 0.975. The van der Waals surface area contributed by atoms with Crippen molar-refractivity contribution in [2.75, 3.05) is 7.05 Å². The van der Waals surface area contributed by atoms with Crippen LogP contribution in [-0.4, -0.2) is 23.9 Å². The Hall–Kier alpha value is -1.73. The summed E-state index contributed by atoms with van der Waals surface area (Å²) in [7, 11) is 1.44. The SMILES string of the molecule is CC(C)N(C)C(=O)Cc1cc(C(F)(F)F)cc(C(F)(F)F)c1. The zero-order chi connectivity index (χ0) is 17.3. The summed E-state index contributed by atoms with van der Waals surface area (Å²) in [5, 5.41) is 0. The number of likely N-dealkylation sites (N-methyl/N-ethyl adjacent to an activating group) is 1. The Kier molecular flexibility index (Phi) is 5.14. The van der Waals surface area contributed by atoms with E-state index in [1.165, 1.54) is 11.9 Å². The zero-order valence-electron chi connectivity index (χ0n) is 12.1. The predicted molar refractivity (Wildman–Crippen MR) is 68.1 cm³/mol. The first-order valence-corrected chi connectivity index (χ1v) is 6.36. The number of carbonyl (C=O) groups is 1. The molecule has 2 nitrogen and oxygen atoms in total. The normalized spacial score (nSPS) is 12.6. The molecular weight excluding hydrogens is 312 g/mol. The number of hydrogen-bond donors (Lipinski definition) is 0. The fourth-order valence-corrected chi connectivity index (χ4v) is 1.71. The maximum atomic E-state index is 12.7. The van der Waals surface area contributed by atoms with Crippen molar-refractivity contribution in [1.82, 2.24) is 4.90 Å². The van der Waals surface area contributed by atoms with Gasteiger partial charge in [0.15, 0.2) is 0 Å². The Morgan fingerprint density at radius 2 is 1.41 bits per heavy atom. The van der Waals surface area contributed by atoms with Gasteiger partial charge in [-0.05, 0) is 37.6 Å². The molecule has 0 N–H and O–H groups in total. The van der Waals surface area contributed by atoms with E-state index in [4.69, 9.17) is 0 Å². The van der Waals surface area contributed by atoms with Crippen LogP contribution in [0.15, 0.2) is 18.2 Å². The lowest BCUT2D eigenvalue weighted by Gasteiger charge is -2.22. The lowest BCUT2D eigenvalue weighted by Crippen LogP contribution is -2.34. The zero-order valence-corrected chi connectivity index (χ0v) is 12.1. The summed E-state index contributed by atoms with van der Waals surface area (Å²) >= 11 is 0. The topological polar surface area (TPSA) is 20.3 Å². The molecule has 0 aliphatic heterocycles. The molecule has 0 heterocycles. The van der Waals surface area contributed by atoms with Crippen LogP contribution >= 0.6 is 0 Å². The molecule has 0 bridgehead atoms. The van der Waals surface area contributed by atoms with Gasteiger partial charge < -0.3 is 4.90 Å². The second-order valence-electron chi connectivity index (χ2n) is 5.19. The highest BCUT2D eigenvalue weighted by molar-refractivity contribution is 5.78. The van der Waals surface area contributed by atoms with Crippen LogP contribution in [0.4, 0.5) is 26.3 Å². The molecule has 0 atom stereocenters. The van der Waals surface area contributed by atoms with E-state index in [-0.39, 0.29) is 17.7 Å². The van der Waals surface area contributed by atoms with E-state index in [0.717, 1.165) is 0 Å². The van der Waals surface area contributed by atoms with Crippen molar-refractivity contribution in [1.29, 1.82) is 0 Å². The van der Waals surface area contributed by atoms with Gasteiger partial charge in [0.2, 0.25) is 5.91 Å². The predicted octanol–water partition coefficient (Wildman–Crippen LogP) is 4.13. The van der Waals surface area contributed by atoms with E-state index in [2.05, 4.69) is 0 Å². The minimum atomic E-state index is -4.91. The van der Waals surface area contributed by atoms with Crippen LogP contribution in [0.5, 0.6) is 0 Å². The Bertz CT molecular complexity index is 515. The lowest BCUT2D eigenvalue weighted by molar-refractivity contribution is -0.143. The van der Waals surface area contributed by atoms with Gasteiger partial charge in [-0.2, -0.15) is 26.3 Å². The van der Waals surface area contributed by atoms with Gasteiger partial charge in [0.05, 0.1) is 17.5 Å². The molecule has 0 aliphatic carbocycles. The van der Waals surface area contributed by atoms with Crippen LogP contribution in [0.2, 0.25) is 0 Å². The minimum absolute atomic E-state index is 0.0418. The van der Waals surface area contributed by atoms with E-state index >= 15 is 0 Å². The first-order valence-electron chi connectivity index (χ1n) is 6.36. The van der Waals surface area contributed by atoms with Crippen molar-refractivity contribution in [3.63, 3.8) is 0 Å². The van der Waals surface area contributed by atoms with E-state index < -0.39 is 35.8 Å². The Labute approximate surface area is 123 Å². The van der Waals surface area contributed by atoms with Gasteiger partial charge in [0, 0.05) is 13.1 Å².